The van der Waals surface area contributed by atoms with Gasteiger partial charge in [0.1, 0.15) is 50.4 Å². The molecule has 51 heavy (non-hydrogen) atoms. The molecule has 3 saturated heterocycles. The third kappa shape index (κ3) is 7.40. The van der Waals surface area contributed by atoms with Crippen molar-refractivity contribution in [2.45, 2.75) is 24.6 Å². The molecule has 5 aromatic rings. The average Bonchev–Trinajstić information content (AvgIpc) is 3.93. The Bertz CT molecular complexity index is 1930. The van der Waals surface area contributed by atoms with Crippen molar-refractivity contribution in [3.05, 3.63) is 131 Å². The topological polar surface area (TPSA) is 89.7 Å². The zero-order valence-electron chi connectivity index (χ0n) is 27.8. The van der Waals surface area contributed by atoms with Crippen molar-refractivity contribution in [3.8, 4) is 5.75 Å². The summed E-state index contributed by atoms with van der Waals surface area (Å²) in [5, 5.41) is 5.23. The van der Waals surface area contributed by atoms with E-state index in [9.17, 15) is 0 Å². The number of aromatic nitrogens is 3. The van der Waals surface area contributed by atoms with E-state index in [2.05, 4.69) is 61.2 Å². The molecule has 0 aliphatic carbocycles. The number of hydrogen-bond acceptors (Lipinski definition) is 9. The fraction of sp³-hybridized carbons (Fsp3) is 0.289. The maximum Gasteiger partial charge on any atom is 0.298 e. The molecule has 262 valence electrons. The second-order valence-corrected chi connectivity index (χ2v) is 13.4. The summed E-state index contributed by atoms with van der Waals surface area (Å²) in [6.45, 7) is 5.01. The van der Waals surface area contributed by atoms with Gasteiger partial charge in [-0.1, -0.05) is 65.7 Å². The number of hydrogen-bond donors (Lipinski definition) is 0. The number of benzene rings is 4. The van der Waals surface area contributed by atoms with E-state index in [1.807, 2.05) is 54.6 Å². The van der Waals surface area contributed by atoms with Gasteiger partial charge in [0.05, 0.1) is 17.3 Å². The third-order valence-corrected chi connectivity index (χ3v) is 9.84. The van der Waals surface area contributed by atoms with Gasteiger partial charge >= 0.3 is 0 Å². The Morgan fingerprint density at radius 1 is 0.843 bits per heavy atom. The third-order valence-electron chi connectivity index (χ3n) is 9.29. The van der Waals surface area contributed by atoms with E-state index in [-0.39, 0.29) is 18.8 Å². The minimum Gasteiger partial charge on any atom is -0.491 e. The maximum absolute atomic E-state index is 6.60. The lowest BCUT2D eigenvalue weighted by molar-refractivity contribution is -0.190. The number of aliphatic imine (C=N–C) groups is 1. The van der Waals surface area contributed by atoms with Crippen molar-refractivity contribution in [1.82, 2.24) is 19.7 Å². The van der Waals surface area contributed by atoms with Crippen LogP contribution in [0.3, 0.4) is 0 Å². The molecule has 8 rings (SSSR count). The monoisotopic (exact) mass is 725 g/mol. The van der Waals surface area contributed by atoms with Gasteiger partial charge in [-0.25, -0.2) is 9.67 Å². The number of amidine groups is 1. The molecule has 0 amide bonds. The molecule has 0 bridgehead atoms. The van der Waals surface area contributed by atoms with Crippen molar-refractivity contribution in [1.29, 1.82) is 0 Å². The SMILES string of the molecule is Clc1ccc(C2(Cn3cncn3)OCC(COc3ccc(N4CCN(C5COC(=Nc6ccccc6)N5c5ccccc5)CC4)cc3)O2)c(Cl)c1. The van der Waals surface area contributed by atoms with Crippen molar-refractivity contribution < 1.29 is 18.9 Å². The van der Waals surface area contributed by atoms with Gasteiger partial charge in [0.25, 0.3) is 6.02 Å². The van der Waals surface area contributed by atoms with Gasteiger partial charge in [0.2, 0.25) is 5.79 Å². The first kappa shape index (κ1) is 33.5. The van der Waals surface area contributed by atoms with Crippen LogP contribution in [0.1, 0.15) is 5.56 Å². The van der Waals surface area contributed by atoms with Crippen LogP contribution in [0.25, 0.3) is 0 Å². The highest BCUT2D eigenvalue weighted by molar-refractivity contribution is 6.35. The molecule has 4 heterocycles. The molecule has 0 spiro atoms. The lowest BCUT2D eigenvalue weighted by Crippen LogP contribution is -2.55. The second-order valence-electron chi connectivity index (χ2n) is 12.6. The van der Waals surface area contributed by atoms with E-state index in [4.69, 9.17) is 47.1 Å². The van der Waals surface area contributed by atoms with Crippen molar-refractivity contribution in [3.63, 3.8) is 0 Å². The van der Waals surface area contributed by atoms with E-state index >= 15 is 0 Å². The Kier molecular flexibility index (Phi) is 9.79. The number of piperazine rings is 1. The molecular weight excluding hydrogens is 689 g/mol. The van der Waals surface area contributed by atoms with Crippen LogP contribution >= 0.6 is 23.2 Å². The zero-order valence-corrected chi connectivity index (χ0v) is 29.3. The lowest BCUT2D eigenvalue weighted by Gasteiger charge is -2.40. The fourth-order valence-electron chi connectivity index (χ4n) is 6.76. The number of nitrogens with zero attached hydrogens (tertiary/aromatic N) is 7. The summed E-state index contributed by atoms with van der Waals surface area (Å²) in [4.78, 5) is 16.0. The number of halogens is 2. The molecule has 3 aliphatic heterocycles. The highest BCUT2D eigenvalue weighted by Crippen LogP contribution is 2.40. The first-order chi connectivity index (χ1) is 25.0. The van der Waals surface area contributed by atoms with E-state index in [0.29, 0.717) is 41.5 Å². The van der Waals surface area contributed by atoms with Gasteiger partial charge in [-0.15, -0.1) is 0 Å². The number of ether oxygens (including phenoxy) is 4. The van der Waals surface area contributed by atoms with Crippen molar-refractivity contribution in [2.75, 3.05) is 55.8 Å². The number of para-hydroxylation sites is 2. The highest BCUT2D eigenvalue weighted by Gasteiger charge is 2.46. The standard InChI is InChI=1S/C38H37Cl2N7O4/c39-28-11-16-34(35(40)21-28)38(25-46-27-41-26-42-46)50-23-33(51-38)22-48-32-14-12-30(13-15-32)44-17-19-45(20-18-44)36-24-49-37(43-29-7-3-1-4-8-29)47(36)31-9-5-2-6-10-31/h1-16,21,26-27,33,36H,17-20,22-25H2. The summed E-state index contributed by atoms with van der Waals surface area (Å²) < 4.78 is 26.8. The second kappa shape index (κ2) is 14.9. The first-order valence-electron chi connectivity index (χ1n) is 17.0. The molecule has 3 atom stereocenters. The predicted molar refractivity (Wildman–Crippen MR) is 197 cm³/mol. The van der Waals surface area contributed by atoms with Crippen LogP contribution < -0.4 is 14.5 Å². The van der Waals surface area contributed by atoms with Crippen LogP contribution in [0.4, 0.5) is 17.1 Å². The highest BCUT2D eigenvalue weighted by atomic mass is 35.5. The molecule has 4 aromatic carbocycles. The molecule has 0 saturated carbocycles. The Hall–Kier alpha value is -4.65. The fourth-order valence-corrected chi connectivity index (χ4v) is 7.31. The summed E-state index contributed by atoms with van der Waals surface area (Å²) in [6, 6.07) is 34.4. The van der Waals surface area contributed by atoms with Crippen LogP contribution in [-0.2, 0) is 26.5 Å². The van der Waals surface area contributed by atoms with E-state index in [1.165, 1.54) is 6.33 Å². The van der Waals surface area contributed by atoms with Crippen molar-refractivity contribution in [2.24, 2.45) is 4.99 Å². The predicted octanol–water partition coefficient (Wildman–Crippen LogP) is 6.60. The quantitative estimate of drug-likeness (QED) is 0.158. The van der Waals surface area contributed by atoms with E-state index < -0.39 is 5.79 Å². The molecule has 13 heteroatoms. The molecule has 11 nitrogen and oxygen atoms in total. The smallest absolute Gasteiger partial charge is 0.298 e. The molecular formula is C38H37Cl2N7O4. The van der Waals surface area contributed by atoms with Crippen LogP contribution in [0, 0.1) is 0 Å². The van der Waals surface area contributed by atoms with E-state index in [0.717, 1.165) is 49.0 Å². The molecule has 3 unspecified atom stereocenters. The summed E-state index contributed by atoms with van der Waals surface area (Å²) in [5.41, 5.74) is 3.76. The Morgan fingerprint density at radius 2 is 1.61 bits per heavy atom. The summed E-state index contributed by atoms with van der Waals surface area (Å²) >= 11 is 12.8. The number of anilines is 2. The van der Waals surface area contributed by atoms with Crippen LogP contribution in [0.2, 0.25) is 10.0 Å². The minimum absolute atomic E-state index is 0.0558. The lowest BCUT2D eigenvalue weighted by atomic mass is 10.1. The normalized spacial score (nSPS) is 23.1. The van der Waals surface area contributed by atoms with Gasteiger partial charge in [0.15, 0.2) is 0 Å². The van der Waals surface area contributed by atoms with Gasteiger partial charge in [-0.2, -0.15) is 10.1 Å². The largest absolute Gasteiger partial charge is 0.491 e. The van der Waals surface area contributed by atoms with Crippen LogP contribution in [-0.4, -0.2) is 84.0 Å². The minimum atomic E-state index is -1.16. The zero-order chi connectivity index (χ0) is 34.6. The Labute approximate surface area is 306 Å². The van der Waals surface area contributed by atoms with Gasteiger partial charge in [-0.05, 0) is 60.7 Å². The summed E-state index contributed by atoms with van der Waals surface area (Å²) in [7, 11) is 0. The van der Waals surface area contributed by atoms with Crippen molar-refractivity contribution >= 4 is 46.3 Å². The van der Waals surface area contributed by atoms with Crippen LogP contribution in [0.5, 0.6) is 5.75 Å². The summed E-state index contributed by atoms with van der Waals surface area (Å²) in [6.07, 6.45) is 2.81. The number of rotatable bonds is 10. The molecule has 0 radical (unpaired) electrons. The Balaban J connectivity index is 0.881. The molecule has 0 N–H and O–H groups in total. The van der Waals surface area contributed by atoms with E-state index in [1.54, 1.807) is 23.1 Å². The average molecular weight is 727 g/mol. The van der Waals surface area contributed by atoms with Gasteiger partial charge < -0.3 is 23.8 Å². The molecule has 3 aliphatic rings. The Morgan fingerprint density at radius 3 is 2.33 bits per heavy atom. The molecule has 3 fully saturated rings. The first-order valence-corrected chi connectivity index (χ1v) is 17.7. The molecule has 1 aromatic heterocycles. The van der Waals surface area contributed by atoms with Gasteiger partial charge in [-0.3, -0.25) is 9.80 Å². The van der Waals surface area contributed by atoms with Crippen LogP contribution in [0.15, 0.2) is 121 Å². The van der Waals surface area contributed by atoms with Gasteiger partial charge in [0, 0.05) is 48.1 Å². The maximum atomic E-state index is 6.60. The summed E-state index contributed by atoms with van der Waals surface area (Å²) in [5.74, 6) is -0.403.